The van der Waals surface area contributed by atoms with E-state index in [4.69, 9.17) is 15.0 Å². The van der Waals surface area contributed by atoms with Gasteiger partial charge in [-0.2, -0.15) is 0 Å². The molecule has 1 atom stereocenters. The predicted octanol–water partition coefficient (Wildman–Crippen LogP) is 2.58. The number of halogens is 3. The molecule has 8 heteroatoms. The first-order valence-corrected chi connectivity index (χ1v) is 7.98. The molecule has 0 aromatic heterocycles. The van der Waals surface area contributed by atoms with Crippen molar-refractivity contribution in [3.63, 3.8) is 0 Å². The van der Waals surface area contributed by atoms with Gasteiger partial charge in [-0.1, -0.05) is 30.3 Å². The molecule has 0 saturated carbocycles. The second-order valence-electron chi connectivity index (χ2n) is 3.23. The molecule has 19 heavy (non-hydrogen) atoms. The summed E-state index contributed by atoms with van der Waals surface area (Å²) in [5, 5.41) is 0. The second kappa shape index (κ2) is 12.8. The van der Waals surface area contributed by atoms with Crippen LogP contribution in [0.1, 0.15) is 12.5 Å². The zero-order valence-electron chi connectivity index (χ0n) is 10.3. The Morgan fingerprint density at radius 1 is 1.42 bits per heavy atom. The second-order valence-corrected chi connectivity index (χ2v) is 5.76. The Hall–Kier alpha value is -0.170. The first-order chi connectivity index (χ1) is 8.47. The minimum atomic E-state index is -1.67. The Morgan fingerprint density at radius 3 is 2.32 bits per heavy atom. The molecule has 1 rings (SSSR count). The summed E-state index contributed by atoms with van der Waals surface area (Å²) in [6.07, 6.45) is 0.527. The standard InChI is InChI=1S/C11H15NO2.Cl2OS.ClH/c1-2-14-11(13)10(12)8-9-6-4-3-5-7-9;1-4(2)3;/h3-7,10H,2,8,12H2,1H3;;1H. The summed E-state index contributed by atoms with van der Waals surface area (Å²) in [6, 6.07) is 9.11. The van der Waals surface area contributed by atoms with Gasteiger partial charge < -0.3 is 15.0 Å². The van der Waals surface area contributed by atoms with E-state index < -0.39 is 15.6 Å². The van der Waals surface area contributed by atoms with Crippen molar-refractivity contribution in [1.82, 2.24) is 0 Å². The summed E-state index contributed by atoms with van der Waals surface area (Å²) in [6.45, 7) is 2.15. The molecule has 1 aromatic rings. The third-order valence-corrected chi connectivity index (χ3v) is 1.89. The normalized spacial score (nSPS) is 10.8. The van der Waals surface area contributed by atoms with E-state index in [1.54, 1.807) is 6.92 Å². The van der Waals surface area contributed by atoms with Crippen molar-refractivity contribution in [2.45, 2.75) is 19.4 Å². The first kappa shape index (κ1) is 21.1. The molecular weight excluding hydrogens is 333 g/mol. The van der Waals surface area contributed by atoms with E-state index >= 15 is 0 Å². The molecule has 0 aliphatic heterocycles. The largest absolute Gasteiger partial charge is 0.582 e. The van der Waals surface area contributed by atoms with E-state index in [0.29, 0.717) is 13.0 Å². The summed E-state index contributed by atoms with van der Waals surface area (Å²) >= 11 is 0. The number of hydrogen-bond acceptors (Lipinski definition) is 4. The van der Waals surface area contributed by atoms with Crippen molar-refractivity contribution in [1.29, 1.82) is 0 Å². The Morgan fingerprint density at radius 2 is 1.89 bits per heavy atom. The number of benzene rings is 1. The number of rotatable bonds is 4. The van der Waals surface area contributed by atoms with Gasteiger partial charge in [0.15, 0.2) is 31.0 Å². The minimum absolute atomic E-state index is 0. The van der Waals surface area contributed by atoms with E-state index in [9.17, 15) is 4.79 Å². The van der Waals surface area contributed by atoms with Gasteiger partial charge in [-0.25, -0.2) is 0 Å². The maximum absolute atomic E-state index is 11.2. The molecule has 0 radical (unpaired) electrons. The first-order valence-electron chi connectivity index (χ1n) is 5.17. The highest BCUT2D eigenvalue weighted by atomic mass is 36.0. The van der Waals surface area contributed by atoms with E-state index in [2.05, 4.69) is 21.4 Å². The van der Waals surface area contributed by atoms with Crippen molar-refractivity contribution in [3.8, 4) is 0 Å². The van der Waals surface area contributed by atoms with Crippen LogP contribution >= 0.6 is 33.8 Å². The number of esters is 1. The number of carbonyl (C=O) groups is 1. The Bertz CT molecular complexity index is 338. The monoisotopic (exact) mass is 347 g/mol. The number of hydrogen-bond donors (Lipinski definition) is 1. The van der Waals surface area contributed by atoms with Crippen LogP contribution in [0.5, 0.6) is 0 Å². The van der Waals surface area contributed by atoms with Gasteiger partial charge in [-0.3, -0.25) is 4.79 Å². The fourth-order valence-corrected chi connectivity index (χ4v) is 1.20. The lowest BCUT2D eigenvalue weighted by Gasteiger charge is -2.09. The van der Waals surface area contributed by atoms with Crippen LogP contribution < -0.4 is 5.73 Å². The SMILES string of the molecule is CCOC(=O)C(N)Cc1ccccc1.Cl.[O-][S+](Cl)Cl. The lowest BCUT2D eigenvalue weighted by Crippen LogP contribution is -2.34. The molecule has 0 bridgehead atoms. The molecule has 4 nitrogen and oxygen atoms in total. The quantitative estimate of drug-likeness (QED) is 0.670. The van der Waals surface area contributed by atoms with E-state index in [1.165, 1.54) is 0 Å². The van der Waals surface area contributed by atoms with Gasteiger partial charge >= 0.3 is 5.97 Å². The Kier molecular flexibility index (Phi) is 14.3. The smallest absolute Gasteiger partial charge is 0.323 e. The maximum Gasteiger partial charge on any atom is 0.323 e. The van der Waals surface area contributed by atoms with Gasteiger partial charge in [-0.15, -0.1) is 12.4 Å². The topological polar surface area (TPSA) is 75.4 Å². The van der Waals surface area contributed by atoms with Crippen LogP contribution in [0.2, 0.25) is 0 Å². The molecule has 1 unspecified atom stereocenters. The van der Waals surface area contributed by atoms with Gasteiger partial charge in [0.2, 0.25) is 0 Å². The highest BCUT2D eigenvalue weighted by Crippen LogP contribution is 2.02. The zero-order valence-corrected chi connectivity index (χ0v) is 13.4. The summed E-state index contributed by atoms with van der Waals surface area (Å²) in [7, 11) is 7.36. The van der Waals surface area contributed by atoms with Gasteiger partial charge in [0.25, 0.3) is 0 Å². The van der Waals surface area contributed by atoms with Crippen molar-refractivity contribution in [3.05, 3.63) is 35.9 Å². The van der Waals surface area contributed by atoms with E-state index in [0.717, 1.165) is 5.56 Å². The van der Waals surface area contributed by atoms with Crippen LogP contribution in [0.4, 0.5) is 0 Å². The lowest BCUT2D eigenvalue weighted by molar-refractivity contribution is -0.144. The van der Waals surface area contributed by atoms with Gasteiger partial charge in [0.05, 0.1) is 6.61 Å². The molecule has 0 fully saturated rings. The fraction of sp³-hybridized carbons (Fsp3) is 0.364. The molecule has 0 aliphatic rings. The zero-order chi connectivity index (χ0) is 14.0. The van der Waals surface area contributed by atoms with Gasteiger partial charge in [-0.05, 0) is 18.9 Å². The minimum Gasteiger partial charge on any atom is -0.582 e. The van der Waals surface area contributed by atoms with Crippen molar-refractivity contribution in [2.75, 3.05) is 6.61 Å². The average Bonchev–Trinajstić information content (AvgIpc) is 2.30. The van der Waals surface area contributed by atoms with Crippen molar-refractivity contribution < 1.29 is 14.1 Å². The predicted molar refractivity (Wildman–Crippen MR) is 81.9 cm³/mol. The van der Waals surface area contributed by atoms with Crippen molar-refractivity contribution >= 4 is 49.3 Å². The summed E-state index contributed by atoms with van der Waals surface area (Å²) < 4.78 is 13.9. The number of ether oxygens (including phenoxy) is 1. The molecular formula is C11H16Cl3NO3S. The third kappa shape index (κ3) is 12.6. The van der Waals surface area contributed by atoms with Crippen LogP contribution in [0.25, 0.3) is 0 Å². The molecule has 0 amide bonds. The molecule has 110 valence electrons. The molecule has 0 aliphatic carbocycles. The van der Waals surface area contributed by atoms with Gasteiger partial charge in [0, 0.05) is 0 Å². The summed E-state index contributed by atoms with van der Waals surface area (Å²) in [4.78, 5) is 11.2. The molecule has 0 spiro atoms. The van der Waals surface area contributed by atoms with E-state index in [1.807, 2.05) is 30.3 Å². The molecule has 1 aromatic carbocycles. The Labute approximate surface area is 131 Å². The van der Waals surface area contributed by atoms with Crippen LogP contribution in [-0.2, 0) is 25.6 Å². The fourth-order valence-electron chi connectivity index (χ4n) is 1.20. The van der Waals surface area contributed by atoms with Crippen LogP contribution in [0.15, 0.2) is 30.3 Å². The van der Waals surface area contributed by atoms with E-state index in [-0.39, 0.29) is 18.4 Å². The molecule has 2 N–H and O–H groups in total. The summed E-state index contributed by atoms with van der Waals surface area (Å²) in [5.74, 6) is -0.337. The number of carbonyl (C=O) groups excluding carboxylic acids is 1. The van der Waals surface area contributed by atoms with Crippen LogP contribution in [0.3, 0.4) is 0 Å². The van der Waals surface area contributed by atoms with Crippen LogP contribution in [0, 0.1) is 0 Å². The highest BCUT2D eigenvalue weighted by molar-refractivity contribution is 8.31. The van der Waals surface area contributed by atoms with Crippen molar-refractivity contribution in [2.24, 2.45) is 5.73 Å². The highest BCUT2D eigenvalue weighted by Gasteiger charge is 2.14. The molecule has 0 heterocycles. The Balaban J connectivity index is 0. The maximum atomic E-state index is 11.2. The lowest BCUT2D eigenvalue weighted by atomic mass is 10.1. The molecule has 0 saturated heterocycles. The van der Waals surface area contributed by atoms with Crippen LogP contribution in [-0.4, -0.2) is 23.2 Å². The average molecular weight is 349 g/mol. The summed E-state index contributed by atoms with van der Waals surface area (Å²) in [5.41, 5.74) is 6.71. The third-order valence-electron chi connectivity index (χ3n) is 1.89. The number of nitrogens with two attached hydrogens (primary N) is 1. The van der Waals surface area contributed by atoms with Gasteiger partial charge in [0.1, 0.15) is 6.04 Å².